The first-order valence-corrected chi connectivity index (χ1v) is 7.77. The fourth-order valence-corrected chi connectivity index (χ4v) is 2.27. The van der Waals surface area contributed by atoms with Crippen molar-refractivity contribution in [3.63, 3.8) is 0 Å². The molecule has 0 aliphatic heterocycles. The number of carbonyl (C=O) groups is 1. The Balaban J connectivity index is 1.98. The third-order valence-electron chi connectivity index (χ3n) is 3.19. The summed E-state index contributed by atoms with van der Waals surface area (Å²) in [4.78, 5) is 16.5. The van der Waals surface area contributed by atoms with E-state index in [0.29, 0.717) is 5.56 Å². The second-order valence-corrected chi connectivity index (χ2v) is 5.80. The van der Waals surface area contributed by atoms with Crippen LogP contribution in [0.1, 0.15) is 10.4 Å². The minimum absolute atomic E-state index is 0.0890. The summed E-state index contributed by atoms with van der Waals surface area (Å²) < 4.78 is 1.86. The lowest BCUT2D eigenvalue weighted by molar-refractivity contribution is 0.0937. The molecular formula is C16H13BrN6O. The highest BCUT2D eigenvalue weighted by atomic mass is 79.9. The van der Waals surface area contributed by atoms with Crippen molar-refractivity contribution in [1.82, 2.24) is 14.8 Å². The Kier molecular flexibility index (Phi) is 4.39. The quantitative estimate of drug-likeness (QED) is 0.642. The van der Waals surface area contributed by atoms with E-state index in [2.05, 4.69) is 31.3 Å². The highest BCUT2D eigenvalue weighted by molar-refractivity contribution is 9.10. The van der Waals surface area contributed by atoms with Crippen LogP contribution in [0.2, 0.25) is 0 Å². The van der Waals surface area contributed by atoms with Gasteiger partial charge in [-0.2, -0.15) is 9.67 Å². The second kappa shape index (κ2) is 6.63. The number of nitrogen functional groups attached to an aromatic ring is 1. The van der Waals surface area contributed by atoms with Gasteiger partial charge in [-0.15, -0.1) is 5.10 Å². The summed E-state index contributed by atoms with van der Waals surface area (Å²) in [6, 6.07) is 15.9. The molecule has 0 spiro atoms. The summed E-state index contributed by atoms with van der Waals surface area (Å²) in [5, 5.41) is 15.0. The largest absolute Gasteiger partial charge is 0.380 e. The van der Waals surface area contributed by atoms with E-state index in [1.165, 1.54) is 0 Å². The fourth-order valence-electron chi connectivity index (χ4n) is 2.01. The normalized spacial score (nSPS) is 10.4. The number of nitrogens with two attached hydrogens (primary N) is 1. The van der Waals surface area contributed by atoms with Crippen molar-refractivity contribution in [2.75, 3.05) is 11.1 Å². The molecule has 8 heteroatoms. The Morgan fingerprint density at radius 3 is 2.46 bits per heavy atom. The Morgan fingerprint density at radius 1 is 1.12 bits per heavy atom. The Labute approximate surface area is 145 Å². The molecule has 3 aromatic rings. The lowest BCUT2D eigenvalue weighted by atomic mass is 10.2. The van der Waals surface area contributed by atoms with E-state index < -0.39 is 5.91 Å². The first-order valence-electron chi connectivity index (χ1n) is 6.98. The minimum Gasteiger partial charge on any atom is -0.380 e. The minimum atomic E-state index is -0.450. The van der Waals surface area contributed by atoms with Crippen molar-refractivity contribution in [3.8, 4) is 0 Å². The molecule has 0 saturated heterocycles. The van der Waals surface area contributed by atoms with Crippen LogP contribution in [0.25, 0.3) is 0 Å². The monoisotopic (exact) mass is 384 g/mol. The van der Waals surface area contributed by atoms with Gasteiger partial charge in [0.25, 0.3) is 5.91 Å². The van der Waals surface area contributed by atoms with Gasteiger partial charge >= 0.3 is 0 Å². The molecular weight excluding hydrogens is 372 g/mol. The Morgan fingerprint density at radius 2 is 1.79 bits per heavy atom. The molecule has 0 unspecified atom stereocenters. The number of anilines is 3. The van der Waals surface area contributed by atoms with Gasteiger partial charge in [0.15, 0.2) is 11.3 Å². The average Bonchev–Trinajstić information content (AvgIpc) is 2.60. The standard InChI is InChI=1S/C16H13BrN6O/c17-11-6-8-12(9-7-11)20-16-21-13(18)14(19)23(22-16)15(24)10-4-2-1-3-5-10/h1-9,19H,(H3,18,20,21,22). The summed E-state index contributed by atoms with van der Waals surface area (Å²) in [6.45, 7) is 0. The summed E-state index contributed by atoms with van der Waals surface area (Å²) in [5.41, 5.74) is 6.63. The number of rotatable bonds is 3. The molecule has 1 aromatic heterocycles. The number of hydrogen-bond donors (Lipinski definition) is 3. The van der Waals surface area contributed by atoms with E-state index in [1.807, 2.05) is 24.3 Å². The molecule has 24 heavy (non-hydrogen) atoms. The van der Waals surface area contributed by atoms with Crippen LogP contribution in [0.3, 0.4) is 0 Å². The molecule has 4 N–H and O–H groups in total. The van der Waals surface area contributed by atoms with Crippen LogP contribution in [-0.2, 0) is 0 Å². The molecule has 120 valence electrons. The Hall–Kier alpha value is -3.00. The van der Waals surface area contributed by atoms with E-state index in [0.717, 1.165) is 14.8 Å². The number of nitrogens with zero attached hydrogens (tertiary/aromatic N) is 3. The van der Waals surface area contributed by atoms with Crippen molar-refractivity contribution in [2.24, 2.45) is 0 Å². The van der Waals surface area contributed by atoms with Gasteiger partial charge in [-0.25, -0.2) is 0 Å². The van der Waals surface area contributed by atoms with E-state index in [-0.39, 0.29) is 17.3 Å². The first-order chi connectivity index (χ1) is 11.5. The zero-order valence-electron chi connectivity index (χ0n) is 12.4. The van der Waals surface area contributed by atoms with Crippen molar-refractivity contribution in [2.45, 2.75) is 0 Å². The third-order valence-corrected chi connectivity index (χ3v) is 3.72. The van der Waals surface area contributed by atoms with Crippen LogP contribution < -0.4 is 16.5 Å². The molecule has 1 heterocycles. The van der Waals surface area contributed by atoms with E-state index in [4.69, 9.17) is 11.1 Å². The molecule has 3 rings (SSSR count). The summed E-state index contributed by atoms with van der Waals surface area (Å²) >= 11 is 3.36. The van der Waals surface area contributed by atoms with Crippen LogP contribution in [0.15, 0.2) is 59.1 Å². The van der Waals surface area contributed by atoms with Gasteiger partial charge in [-0.1, -0.05) is 34.1 Å². The van der Waals surface area contributed by atoms with Gasteiger partial charge in [0, 0.05) is 15.7 Å². The number of hydrogen-bond acceptors (Lipinski definition) is 6. The molecule has 0 atom stereocenters. The maximum atomic E-state index is 12.5. The van der Waals surface area contributed by atoms with Gasteiger partial charge in [0.2, 0.25) is 5.95 Å². The van der Waals surface area contributed by atoms with E-state index >= 15 is 0 Å². The van der Waals surface area contributed by atoms with Crippen LogP contribution in [-0.4, -0.2) is 20.7 Å². The van der Waals surface area contributed by atoms with Crippen LogP contribution in [0.5, 0.6) is 0 Å². The van der Waals surface area contributed by atoms with Crippen LogP contribution >= 0.6 is 15.9 Å². The molecule has 0 radical (unpaired) electrons. The van der Waals surface area contributed by atoms with Crippen LogP contribution in [0.4, 0.5) is 17.5 Å². The molecule has 0 fully saturated rings. The molecule has 2 aromatic carbocycles. The summed E-state index contributed by atoms with van der Waals surface area (Å²) in [5.74, 6) is -0.405. The molecule has 0 saturated carbocycles. The van der Waals surface area contributed by atoms with Crippen molar-refractivity contribution < 1.29 is 4.79 Å². The van der Waals surface area contributed by atoms with Crippen molar-refractivity contribution >= 4 is 39.3 Å². The molecule has 0 bridgehead atoms. The average molecular weight is 385 g/mol. The van der Waals surface area contributed by atoms with Crippen LogP contribution in [0, 0.1) is 5.41 Å². The zero-order valence-corrected chi connectivity index (χ0v) is 14.0. The summed E-state index contributed by atoms with van der Waals surface area (Å²) in [7, 11) is 0. The molecule has 0 amide bonds. The predicted octanol–water partition coefficient (Wildman–Crippen LogP) is 2.53. The SMILES string of the molecule is N=c1c(N)nc(Nc2ccc(Br)cc2)nn1C(=O)c1ccccc1. The van der Waals surface area contributed by atoms with Gasteiger partial charge < -0.3 is 11.1 Å². The predicted molar refractivity (Wildman–Crippen MR) is 93.9 cm³/mol. The highest BCUT2D eigenvalue weighted by Crippen LogP contribution is 2.16. The first kappa shape index (κ1) is 15.9. The number of aromatic nitrogens is 3. The van der Waals surface area contributed by atoms with Gasteiger partial charge in [0.05, 0.1) is 0 Å². The second-order valence-electron chi connectivity index (χ2n) is 4.88. The number of carbonyl (C=O) groups excluding carboxylic acids is 1. The number of benzene rings is 2. The lowest BCUT2D eigenvalue weighted by Crippen LogP contribution is -2.33. The molecule has 7 nitrogen and oxygen atoms in total. The van der Waals surface area contributed by atoms with E-state index in [9.17, 15) is 4.79 Å². The van der Waals surface area contributed by atoms with Gasteiger partial charge in [-0.3, -0.25) is 10.2 Å². The smallest absolute Gasteiger partial charge is 0.280 e. The van der Waals surface area contributed by atoms with Gasteiger partial charge in [0.1, 0.15) is 0 Å². The highest BCUT2D eigenvalue weighted by Gasteiger charge is 2.14. The van der Waals surface area contributed by atoms with Crippen molar-refractivity contribution in [1.29, 1.82) is 5.41 Å². The maximum absolute atomic E-state index is 12.5. The van der Waals surface area contributed by atoms with Crippen molar-refractivity contribution in [3.05, 3.63) is 70.1 Å². The maximum Gasteiger partial charge on any atom is 0.280 e. The van der Waals surface area contributed by atoms with E-state index in [1.54, 1.807) is 30.3 Å². The topological polar surface area (TPSA) is 110 Å². The number of halogens is 1. The Bertz CT molecular complexity index is 937. The third kappa shape index (κ3) is 3.33. The lowest BCUT2D eigenvalue weighted by Gasteiger charge is -2.10. The van der Waals surface area contributed by atoms with Gasteiger partial charge in [-0.05, 0) is 36.4 Å². The fraction of sp³-hybridized carbons (Fsp3) is 0. The zero-order chi connectivity index (χ0) is 17.1. The number of nitrogens with one attached hydrogen (secondary N) is 2. The summed E-state index contributed by atoms with van der Waals surface area (Å²) in [6.07, 6.45) is 0. The molecule has 0 aliphatic rings. The molecule has 0 aliphatic carbocycles.